The van der Waals surface area contributed by atoms with Crippen LogP contribution in [-0.4, -0.2) is 26.5 Å². The number of nitrogens with zero attached hydrogens (tertiary/aromatic N) is 2. The topological polar surface area (TPSA) is 80.1 Å². The van der Waals surface area contributed by atoms with E-state index in [9.17, 15) is 14.3 Å². The molecule has 0 unspecified atom stereocenters. The molecular weight excluding hydrogens is 349 g/mol. The highest BCUT2D eigenvalue weighted by Gasteiger charge is 2.24. The smallest absolute Gasteiger partial charge is 0.276 e. The largest absolute Gasteiger partial charge is 0.493 e. The number of aromatic nitrogens is 3. The Hall–Kier alpha value is -3.53. The molecule has 27 heavy (non-hydrogen) atoms. The summed E-state index contributed by atoms with van der Waals surface area (Å²) in [5, 5.41) is 13.1. The average molecular weight is 367 g/mol. The van der Waals surface area contributed by atoms with E-state index in [2.05, 4.69) is 21.9 Å². The van der Waals surface area contributed by atoms with E-state index in [0.717, 1.165) is 0 Å². The van der Waals surface area contributed by atoms with Crippen molar-refractivity contribution >= 4 is 0 Å². The van der Waals surface area contributed by atoms with E-state index >= 15 is 0 Å². The summed E-state index contributed by atoms with van der Waals surface area (Å²) in [5.41, 5.74) is 0.133. The minimum Gasteiger partial charge on any atom is -0.493 e. The van der Waals surface area contributed by atoms with Crippen LogP contribution in [0.25, 0.3) is 11.1 Å². The molecule has 0 aliphatic rings. The van der Waals surface area contributed by atoms with Crippen LogP contribution in [0.3, 0.4) is 0 Å². The summed E-state index contributed by atoms with van der Waals surface area (Å²) in [5.74, 6) is 4.51. The van der Waals surface area contributed by atoms with Crippen LogP contribution in [0.5, 0.6) is 11.6 Å². The summed E-state index contributed by atoms with van der Waals surface area (Å²) in [6, 6.07) is 8.07. The van der Waals surface area contributed by atoms with Crippen molar-refractivity contribution in [3.05, 3.63) is 64.0 Å². The van der Waals surface area contributed by atoms with Gasteiger partial charge in [0.15, 0.2) is 0 Å². The van der Waals surface area contributed by atoms with Crippen molar-refractivity contribution in [3.8, 4) is 34.6 Å². The molecule has 2 aromatic heterocycles. The first-order valence-corrected chi connectivity index (χ1v) is 8.36. The SMILES string of the molecule is CC#Cc1cc(F)c(-c2c(O)n(Cc3ccccn3)[nH]c2=O)c(OCC)c1. The fourth-order valence-corrected chi connectivity index (χ4v) is 2.77. The van der Waals surface area contributed by atoms with Crippen molar-refractivity contribution in [1.29, 1.82) is 0 Å². The van der Waals surface area contributed by atoms with Crippen molar-refractivity contribution in [2.45, 2.75) is 20.4 Å². The summed E-state index contributed by atoms with van der Waals surface area (Å²) in [6.07, 6.45) is 1.61. The molecule has 3 rings (SSSR count). The Morgan fingerprint density at radius 1 is 1.33 bits per heavy atom. The number of aromatic amines is 1. The zero-order valence-corrected chi connectivity index (χ0v) is 14.9. The molecule has 3 aromatic rings. The normalized spacial score (nSPS) is 10.3. The summed E-state index contributed by atoms with van der Waals surface area (Å²) in [6.45, 7) is 3.78. The number of pyridine rings is 1. The predicted molar refractivity (Wildman–Crippen MR) is 99.2 cm³/mol. The minimum absolute atomic E-state index is 0.1000. The van der Waals surface area contributed by atoms with Crippen LogP contribution in [-0.2, 0) is 6.54 Å². The monoisotopic (exact) mass is 367 g/mol. The molecule has 0 atom stereocenters. The molecule has 0 saturated heterocycles. The fourth-order valence-electron chi connectivity index (χ4n) is 2.77. The standard InChI is InChI=1S/C20H18FN3O3/c1-3-7-13-10-15(21)17(16(11-13)27-4-2)18-19(25)23-24(20(18)26)12-14-8-5-6-9-22-14/h5-6,8-11,26H,4,12H2,1-2H3,(H,23,25). The predicted octanol–water partition coefficient (Wildman–Crippen LogP) is 2.90. The van der Waals surface area contributed by atoms with Gasteiger partial charge in [-0.3, -0.25) is 14.9 Å². The molecule has 138 valence electrons. The van der Waals surface area contributed by atoms with E-state index < -0.39 is 11.4 Å². The van der Waals surface area contributed by atoms with Crippen molar-refractivity contribution in [1.82, 2.24) is 14.8 Å². The van der Waals surface area contributed by atoms with Crippen molar-refractivity contribution in [2.75, 3.05) is 6.61 Å². The lowest BCUT2D eigenvalue weighted by molar-refractivity contribution is 0.339. The summed E-state index contributed by atoms with van der Waals surface area (Å²) in [7, 11) is 0. The van der Waals surface area contributed by atoms with Gasteiger partial charge in [0.2, 0.25) is 5.88 Å². The number of nitrogens with one attached hydrogen (secondary N) is 1. The van der Waals surface area contributed by atoms with E-state index in [-0.39, 0.29) is 35.9 Å². The quantitative estimate of drug-likeness (QED) is 0.680. The second-order valence-electron chi connectivity index (χ2n) is 5.69. The average Bonchev–Trinajstić information content (AvgIpc) is 2.90. The molecule has 0 bridgehead atoms. The maximum absolute atomic E-state index is 14.8. The van der Waals surface area contributed by atoms with E-state index in [1.54, 1.807) is 44.3 Å². The first-order chi connectivity index (χ1) is 13.0. The highest BCUT2D eigenvalue weighted by Crippen LogP contribution is 2.36. The van der Waals surface area contributed by atoms with E-state index in [1.807, 2.05) is 0 Å². The molecular formula is C20H18FN3O3. The molecule has 0 radical (unpaired) electrons. The van der Waals surface area contributed by atoms with Gasteiger partial charge in [-0.1, -0.05) is 12.0 Å². The first kappa shape index (κ1) is 18.3. The van der Waals surface area contributed by atoms with Crippen molar-refractivity contribution < 1.29 is 14.2 Å². The third-order valence-corrected chi connectivity index (χ3v) is 3.86. The van der Waals surface area contributed by atoms with Crippen LogP contribution >= 0.6 is 0 Å². The molecule has 0 aliphatic heterocycles. The Morgan fingerprint density at radius 2 is 2.15 bits per heavy atom. The Morgan fingerprint density at radius 3 is 2.81 bits per heavy atom. The Labute approximate surface area is 155 Å². The zero-order valence-electron chi connectivity index (χ0n) is 14.9. The Kier molecular flexibility index (Phi) is 5.27. The molecule has 2 N–H and O–H groups in total. The number of hydrogen-bond acceptors (Lipinski definition) is 4. The lowest BCUT2D eigenvalue weighted by Gasteiger charge is -2.11. The van der Waals surface area contributed by atoms with Gasteiger partial charge in [0, 0.05) is 11.8 Å². The molecule has 0 aliphatic carbocycles. The second kappa shape index (κ2) is 7.79. The van der Waals surface area contributed by atoms with Gasteiger partial charge in [0.25, 0.3) is 5.56 Å². The van der Waals surface area contributed by atoms with Gasteiger partial charge in [-0.2, -0.15) is 0 Å². The number of benzene rings is 1. The highest BCUT2D eigenvalue weighted by atomic mass is 19.1. The number of H-pyrrole nitrogens is 1. The Bertz CT molecular complexity index is 1080. The number of halogens is 1. The first-order valence-electron chi connectivity index (χ1n) is 8.36. The van der Waals surface area contributed by atoms with Crippen LogP contribution < -0.4 is 10.3 Å². The number of aromatic hydroxyl groups is 1. The van der Waals surface area contributed by atoms with Crippen LogP contribution in [0.1, 0.15) is 25.1 Å². The summed E-state index contributed by atoms with van der Waals surface area (Å²) in [4.78, 5) is 16.6. The third-order valence-electron chi connectivity index (χ3n) is 3.86. The van der Waals surface area contributed by atoms with Crippen LogP contribution in [0.4, 0.5) is 4.39 Å². The maximum Gasteiger partial charge on any atom is 0.276 e. The van der Waals surface area contributed by atoms with Gasteiger partial charge >= 0.3 is 0 Å². The van der Waals surface area contributed by atoms with Crippen LogP contribution in [0.15, 0.2) is 41.3 Å². The molecule has 0 fully saturated rings. The van der Waals surface area contributed by atoms with Gasteiger partial charge in [-0.15, -0.1) is 5.92 Å². The van der Waals surface area contributed by atoms with E-state index in [4.69, 9.17) is 4.74 Å². The van der Waals surface area contributed by atoms with E-state index in [0.29, 0.717) is 11.3 Å². The lowest BCUT2D eigenvalue weighted by Crippen LogP contribution is -2.09. The number of hydrogen-bond donors (Lipinski definition) is 2. The fraction of sp³-hybridized carbons (Fsp3) is 0.200. The van der Waals surface area contributed by atoms with Crippen molar-refractivity contribution in [3.63, 3.8) is 0 Å². The van der Waals surface area contributed by atoms with Gasteiger partial charge in [0.1, 0.15) is 17.1 Å². The van der Waals surface area contributed by atoms with Crippen LogP contribution in [0, 0.1) is 17.7 Å². The maximum atomic E-state index is 14.8. The van der Waals surface area contributed by atoms with Gasteiger partial charge < -0.3 is 9.84 Å². The number of ether oxygens (including phenoxy) is 1. The molecule has 2 heterocycles. The van der Waals surface area contributed by atoms with E-state index in [1.165, 1.54) is 10.7 Å². The van der Waals surface area contributed by atoms with Crippen molar-refractivity contribution in [2.24, 2.45) is 0 Å². The summed E-state index contributed by atoms with van der Waals surface area (Å²) < 4.78 is 21.5. The second-order valence-corrected chi connectivity index (χ2v) is 5.69. The molecule has 7 heteroatoms. The summed E-state index contributed by atoms with van der Waals surface area (Å²) >= 11 is 0. The molecule has 0 amide bonds. The van der Waals surface area contributed by atoms with Gasteiger partial charge in [0.05, 0.1) is 24.4 Å². The van der Waals surface area contributed by atoms with Crippen LogP contribution in [0.2, 0.25) is 0 Å². The Balaban J connectivity index is 2.13. The number of rotatable bonds is 5. The lowest BCUT2D eigenvalue weighted by atomic mass is 10.0. The molecule has 0 saturated carbocycles. The molecule has 0 spiro atoms. The molecule has 6 nitrogen and oxygen atoms in total. The molecule has 1 aromatic carbocycles. The highest BCUT2D eigenvalue weighted by molar-refractivity contribution is 5.75. The zero-order chi connectivity index (χ0) is 19.4. The van der Waals surface area contributed by atoms with Gasteiger partial charge in [-0.05, 0) is 38.1 Å². The minimum atomic E-state index is -0.699. The third kappa shape index (κ3) is 3.70. The van der Waals surface area contributed by atoms with Gasteiger partial charge in [-0.25, -0.2) is 9.07 Å².